The van der Waals surface area contributed by atoms with E-state index in [0.29, 0.717) is 22.4 Å². The predicted octanol–water partition coefficient (Wildman–Crippen LogP) is 3.10. The van der Waals surface area contributed by atoms with Gasteiger partial charge in [-0.25, -0.2) is 4.79 Å². The van der Waals surface area contributed by atoms with Gasteiger partial charge >= 0.3 is 5.97 Å². The normalized spacial score (nSPS) is 10.0. The summed E-state index contributed by atoms with van der Waals surface area (Å²) < 4.78 is 4.70. The molecule has 5 heteroatoms. The Balaban J connectivity index is 2.26. The maximum Gasteiger partial charge on any atom is 0.338 e. The van der Waals surface area contributed by atoms with E-state index in [-0.39, 0.29) is 5.91 Å². The van der Waals surface area contributed by atoms with Gasteiger partial charge in [-0.2, -0.15) is 11.3 Å². The molecule has 0 saturated carbocycles. The fraction of sp³-hybridized carbons (Fsp3) is 0.143. The number of rotatable bonds is 3. The number of nitrogens with one attached hydrogen (secondary N) is 1. The molecule has 0 unspecified atom stereocenters. The Morgan fingerprint density at radius 1 is 1.26 bits per heavy atom. The van der Waals surface area contributed by atoms with Gasteiger partial charge in [0.25, 0.3) is 5.91 Å². The Morgan fingerprint density at radius 2 is 2.05 bits per heavy atom. The lowest BCUT2D eigenvalue weighted by Gasteiger charge is -2.10. The molecule has 0 atom stereocenters. The first-order valence-electron chi connectivity index (χ1n) is 5.65. The highest BCUT2D eigenvalue weighted by molar-refractivity contribution is 7.08. The zero-order chi connectivity index (χ0) is 13.8. The van der Waals surface area contributed by atoms with Crippen LogP contribution in [0.25, 0.3) is 0 Å². The summed E-state index contributed by atoms with van der Waals surface area (Å²) in [6, 6.07) is 6.88. The van der Waals surface area contributed by atoms with Gasteiger partial charge < -0.3 is 10.1 Å². The van der Waals surface area contributed by atoms with E-state index >= 15 is 0 Å². The van der Waals surface area contributed by atoms with Gasteiger partial charge in [-0.3, -0.25) is 4.79 Å². The second-order valence-corrected chi connectivity index (χ2v) is 4.72. The first-order valence-corrected chi connectivity index (χ1v) is 6.59. The van der Waals surface area contributed by atoms with Gasteiger partial charge in [-0.05, 0) is 36.1 Å². The number of hydrogen-bond donors (Lipinski definition) is 1. The smallest absolute Gasteiger partial charge is 0.338 e. The summed E-state index contributed by atoms with van der Waals surface area (Å²) in [7, 11) is 1.33. The molecule has 1 aromatic heterocycles. The molecule has 0 bridgehead atoms. The van der Waals surface area contributed by atoms with Gasteiger partial charge in [-0.1, -0.05) is 6.07 Å². The van der Waals surface area contributed by atoms with Crippen molar-refractivity contribution in [2.75, 3.05) is 12.4 Å². The zero-order valence-corrected chi connectivity index (χ0v) is 11.4. The van der Waals surface area contributed by atoms with Crippen LogP contribution in [-0.4, -0.2) is 19.0 Å². The molecular weight excluding hydrogens is 262 g/mol. The third kappa shape index (κ3) is 2.82. The van der Waals surface area contributed by atoms with Crippen molar-refractivity contribution in [1.82, 2.24) is 0 Å². The fourth-order valence-corrected chi connectivity index (χ4v) is 2.33. The molecule has 1 N–H and O–H groups in total. The summed E-state index contributed by atoms with van der Waals surface area (Å²) >= 11 is 1.46. The number of carbonyl (C=O) groups is 2. The van der Waals surface area contributed by atoms with Crippen LogP contribution in [0, 0.1) is 6.92 Å². The van der Waals surface area contributed by atoms with Crippen LogP contribution < -0.4 is 5.32 Å². The van der Waals surface area contributed by atoms with E-state index in [1.807, 2.05) is 5.38 Å². The van der Waals surface area contributed by atoms with Crippen LogP contribution in [-0.2, 0) is 4.74 Å². The number of anilines is 1. The van der Waals surface area contributed by atoms with Crippen molar-refractivity contribution in [2.45, 2.75) is 6.92 Å². The molecule has 0 aliphatic heterocycles. The molecule has 0 radical (unpaired) electrons. The number of ether oxygens (including phenoxy) is 1. The molecule has 0 aliphatic carbocycles. The van der Waals surface area contributed by atoms with Crippen molar-refractivity contribution < 1.29 is 14.3 Å². The summed E-state index contributed by atoms with van der Waals surface area (Å²) in [4.78, 5) is 23.5. The molecule has 0 saturated heterocycles. The van der Waals surface area contributed by atoms with Crippen LogP contribution in [0.3, 0.4) is 0 Å². The van der Waals surface area contributed by atoms with E-state index in [2.05, 4.69) is 5.32 Å². The van der Waals surface area contributed by atoms with E-state index in [0.717, 1.165) is 0 Å². The number of hydrogen-bond acceptors (Lipinski definition) is 4. The lowest BCUT2D eigenvalue weighted by Crippen LogP contribution is -2.13. The third-order valence-electron chi connectivity index (χ3n) is 2.77. The molecule has 0 spiro atoms. The number of esters is 1. The van der Waals surface area contributed by atoms with Crippen molar-refractivity contribution in [3.8, 4) is 0 Å². The molecule has 4 nitrogen and oxygen atoms in total. The monoisotopic (exact) mass is 275 g/mol. The van der Waals surface area contributed by atoms with E-state index in [1.54, 1.807) is 36.6 Å². The van der Waals surface area contributed by atoms with E-state index < -0.39 is 5.97 Å². The van der Waals surface area contributed by atoms with Crippen LogP contribution >= 0.6 is 11.3 Å². The SMILES string of the molecule is COC(=O)c1cccc(NC(=O)c2ccsc2)c1C. The number of methoxy groups -OCH3 is 1. The molecule has 1 amide bonds. The average molecular weight is 275 g/mol. The van der Waals surface area contributed by atoms with Gasteiger partial charge in [0.05, 0.1) is 18.2 Å². The van der Waals surface area contributed by atoms with Crippen molar-refractivity contribution in [3.63, 3.8) is 0 Å². The van der Waals surface area contributed by atoms with Gasteiger partial charge in [0.1, 0.15) is 0 Å². The minimum atomic E-state index is -0.413. The molecule has 98 valence electrons. The average Bonchev–Trinajstić information content (AvgIpc) is 2.94. The largest absolute Gasteiger partial charge is 0.465 e. The Hall–Kier alpha value is -2.14. The summed E-state index contributed by atoms with van der Waals surface area (Å²) in [5.74, 6) is -0.601. The second-order valence-electron chi connectivity index (χ2n) is 3.94. The standard InChI is InChI=1S/C14H13NO3S/c1-9-11(14(17)18-2)4-3-5-12(9)15-13(16)10-6-7-19-8-10/h3-8H,1-2H3,(H,15,16). The Bertz CT molecular complexity index is 605. The van der Waals surface area contributed by atoms with E-state index in [9.17, 15) is 9.59 Å². The van der Waals surface area contributed by atoms with Crippen molar-refractivity contribution in [3.05, 3.63) is 51.7 Å². The van der Waals surface area contributed by atoms with Crippen LogP contribution in [0.2, 0.25) is 0 Å². The highest BCUT2D eigenvalue weighted by atomic mass is 32.1. The number of amides is 1. The lowest BCUT2D eigenvalue weighted by molar-refractivity contribution is 0.0599. The van der Waals surface area contributed by atoms with Crippen molar-refractivity contribution in [1.29, 1.82) is 0 Å². The van der Waals surface area contributed by atoms with Crippen LogP contribution in [0.15, 0.2) is 35.0 Å². The Labute approximate surface area is 115 Å². The third-order valence-corrected chi connectivity index (χ3v) is 3.45. The molecule has 2 aromatic rings. The highest BCUT2D eigenvalue weighted by Crippen LogP contribution is 2.20. The van der Waals surface area contributed by atoms with Gasteiger partial charge in [0, 0.05) is 11.1 Å². The van der Waals surface area contributed by atoms with E-state index in [1.165, 1.54) is 18.4 Å². The minimum Gasteiger partial charge on any atom is -0.465 e. The number of thiophene rings is 1. The van der Waals surface area contributed by atoms with Crippen LogP contribution in [0.1, 0.15) is 26.3 Å². The molecular formula is C14H13NO3S. The molecule has 1 aromatic carbocycles. The van der Waals surface area contributed by atoms with Crippen LogP contribution in [0.5, 0.6) is 0 Å². The molecule has 0 fully saturated rings. The maximum absolute atomic E-state index is 12.0. The minimum absolute atomic E-state index is 0.189. The zero-order valence-electron chi connectivity index (χ0n) is 10.6. The fourth-order valence-electron chi connectivity index (χ4n) is 1.69. The Kier molecular flexibility index (Phi) is 3.97. The quantitative estimate of drug-likeness (QED) is 0.876. The highest BCUT2D eigenvalue weighted by Gasteiger charge is 2.14. The first-order chi connectivity index (χ1) is 9.13. The van der Waals surface area contributed by atoms with Crippen molar-refractivity contribution in [2.24, 2.45) is 0 Å². The van der Waals surface area contributed by atoms with Crippen molar-refractivity contribution >= 4 is 28.9 Å². The second kappa shape index (κ2) is 5.67. The number of carbonyl (C=O) groups excluding carboxylic acids is 2. The summed E-state index contributed by atoms with van der Waals surface area (Å²) in [6.45, 7) is 1.77. The first kappa shape index (κ1) is 13.3. The van der Waals surface area contributed by atoms with Gasteiger partial charge in [0.15, 0.2) is 0 Å². The predicted molar refractivity (Wildman–Crippen MR) is 74.8 cm³/mol. The summed E-state index contributed by atoms with van der Waals surface area (Å²) in [5.41, 5.74) is 2.36. The molecule has 19 heavy (non-hydrogen) atoms. The maximum atomic E-state index is 12.0. The summed E-state index contributed by atoms with van der Waals surface area (Å²) in [6.07, 6.45) is 0. The number of benzene rings is 1. The molecule has 2 rings (SSSR count). The van der Waals surface area contributed by atoms with Gasteiger partial charge in [0.2, 0.25) is 0 Å². The van der Waals surface area contributed by atoms with Crippen LogP contribution in [0.4, 0.5) is 5.69 Å². The summed E-state index contributed by atoms with van der Waals surface area (Å²) in [5, 5.41) is 6.40. The molecule has 0 aliphatic rings. The van der Waals surface area contributed by atoms with Gasteiger partial charge in [-0.15, -0.1) is 0 Å². The van der Waals surface area contributed by atoms with E-state index in [4.69, 9.17) is 4.74 Å². The Morgan fingerprint density at radius 3 is 2.68 bits per heavy atom. The molecule has 1 heterocycles. The lowest BCUT2D eigenvalue weighted by atomic mass is 10.1. The topological polar surface area (TPSA) is 55.4 Å².